The van der Waals surface area contributed by atoms with Gasteiger partial charge < -0.3 is 4.90 Å². The predicted molar refractivity (Wildman–Crippen MR) is 114 cm³/mol. The molecule has 0 saturated carbocycles. The van der Waals surface area contributed by atoms with E-state index in [1.807, 2.05) is 47.0 Å². The fourth-order valence-corrected chi connectivity index (χ4v) is 4.15. The highest BCUT2D eigenvalue weighted by Gasteiger charge is 2.30. The third kappa shape index (κ3) is 3.84. The van der Waals surface area contributed by atoms with Crippen molar-refractivity contribution in [3.8, 4) is 11.1 Å². The molecule has 4 rings (SSSR count). The van der Waals surface area contributed by atoms with Gasteiger partial charge in [-0.2, -0.15) is 10.2 Å². The smallest absolute Gasteiger partial charge is 0.272 e. The highest BCUT2D eigenvalue weighted by molar-refractivity contribution is 5.93. The van der Waals surface area contributed by atoms with Crippen molar-refractivity contribution in [1.82, 2.24) is 24.9 Å². The summed E-state index contributed by atoms with van der Waals surface area (Å²) >= 11 is 0. The monoisotopic (exact) mass is 391 g/mol. The fraction of sp³-hybridized carbons (Fsp3) is 0.435. The second kappa shape index (κ2) is 8.23. The molecule has 1 N–H and O–H groups in total. The molecule has 1 aliphatic rings. The van der Waals surface area contributed by atoms with Crippen molar-refractivity contribution in [2.75, 3.05) is 13.1 Å². The molecular formula is C23H29N5O. The van der Waals surface area contributed by atoms with Crippen molar-refractivity contribution >= 4 is 5.91 Å². The van der Waals surface area contributed by atoms with Gasteiger partial charge in [0.1, 0.15) is 5.69 Å². The van der Waals surface area contributed by atoms with Crippen LogP contribution in [0.5, 0.6) is 0 Å². The van der Waals surface area contributed by atoms with E-state index in [2.05, 4.69) is 41.3 Å². The van der Waals surface area contributed by atoms with Crippen LogP contribution in [-0.4, -0.2) is 43.9 Å². The molecule has 1 amide bonds. The molecule has 6 heteroatoms. The molecule has 3 heterocycles. The first kappa shape index (κ1) is 19.4. The Balaban J connectivity index is 1.57. The Labute approximate surface area is 171 Å². The molecule has 6 nitrogen and oxygen atoms in total. The summed E-state index contributed by atoms with van der Waals surface area (Å²) in [5.41, 5.74) is 5.09. The molecule has 1 aromatic carbocycles. The maximum atomic E-state index is 13.3. The number of carbonyl (C=O) groups excluding carboxylic acids is 1. The minimum absolute atomic E-state index is 0.0803. The largest absolute Gasteiger partial charge is 0.337 e. The molecule has 3 aromatic rings. The topological polar surface area (TPSA) is 66.8 Å². The number of H-pyrrole nitrogens is 1. The van der Waals surface area contributed by atoms with Crippen molar-refractivity contribution in [1.29, 1.82) is 0 Å². The number of likely N-dealkylation sites (tertiary alicyclic amines) is 1. The van der Waals surface area contributed by atoms with Crippen molar-refractivity contribution in [2.24, 2.45) is 0 Å². The summed E-state index contributed by atoms with van der Waals surface area (Å²) < 4.78 is 1.84. The quantitative estimate of drug-likeness (QED) is 0.699. The molecule has 0 unspecified atom stereocenters. The van der Waals surface area contributed by atoms with E-state index in [0.29, 0.717) is 24.7 Å². The van der Waals surface area contributed by atoms with Crippen molar-refractivity contribution < 1.29 is 4.79 Å². The Kier molecular flexibility index (Phi) is 5.51. The minimum Gasteiger partial charge on any atom is -0.337 e. The number of piperidine rings is 1. The summed E-state index contributed by atoms with van der Waals surface area (Å²) in [7, 11) is 0. The normalized spacial score (nSPS) is 17.1. The van der Waals surface area contributed by atoms with E-state index in [9.17, 15) is 4.79 Å². The molecule has 152 valence electrons. The molecule has 29 heavy (non-hydrogen) atoms. The molecule has 0 bridgehead atoms. The van der Waals surface area contributed by atoms with Gasteiger partial charge in [0.15, 0.2) is 0 Å². The van der Waals surface area contributed by atoms with Gasteiger partial charge in [-0.1, -0.05) is 44.2 Å². The second-order valence-electron chi connectivity index (χ2n) is 8.08. The number of rotatable bonds is 5. The lowest BCUT2D eigenvalue weighted by atomic mass is 9.90. The van der Waals surface area contributed by atoms with Crippen LogP contribution < -0.4 is 0 Å². The summed E-state index contributed by atoms with van der Waals surface area (Å²) in [5, 5.41) is 12.1. The number of nitrogens with zero attached hydrogens (tertiary/aromatic N) is 4. The Hall–Kier alpha value is -2.89. The Morgan fingerprint density at radius 1 is 1.28 bits per heavy atom. The Morgan fingerprint density at radius 3 is 2.79 bits per heavy atom. The highest BCUT2D eigenvalue weighted by atomic mass is 16.2. The number of hydrogen-bond acceptors (Lipinski definition) is 3. The Morgan fingerprint density at radius 2 is 2.07 bits per heavy atom. The standard InChI is InChI=1S/C23H29N5O/c1-4-28-21(13-20(26-28)16(2)3)23(29)27-12-8-11-18(15-27)22-19(14-24-25-22)17-9-6-5-7-10-17/h5-7,9-10,13-14,16,18H,4,8,11-12,15H2,1-3H3,(H,24,25)/t18-/m1/s1. The van der Waals surface area contributed by atoms with Crippen LogP contribution in [0.4, 0.5) is 0 Å². The highest BCUT2D eigenvalue weighted by Crippen LogP contribution is 2.33. The number of carbonyl (C=O) groups is 1. The lowest BCUT2D eigenvalue weighted by Gasteiger charge is -2.32. The van der Waals surface area contributed by atoms with Crippen LogP contribution in [0.3, 0.4) is 0 Å². The molecule has 2 aromatic heterocycles. The predicted octanol–water partition coefficient (Wildman–Crippen LogP) is 4.44. The van der Waals surface area contributed by atoms with E-state index in [0.717, 1.165) is 41.9 Å². The van der Waals surface area contributed by atoms with E-state index in [-0.39, 0.29) is 11.8 Å². The first-order valence-corrected chi connectivity index (χ1v) is 10.5. The molecule has 0 spiro atoms. The lowest BCUT2D eigenvalue weighted by molar-refractivity contribution is 0.0693. The van der Waals surface area contributed by atoms with E-state index >= 15 is 0 Å². The summed E-state index contributed by atoms with van der Waals surface area (Å²) in [6.07, 6.45) is 3.93. The number of hydrogen-bond donors (Lipinski definition) is 1. The van der Waals surface area contributed by atoms with Gasteiger partial charge in [-0.25, -0.2) is 0 Å². The van der Waals surface area contributed by atoms with Gasteiger partial charge in [-0.05, 0) is 37.3 Å². The summed E-state index contributed by atoms with van der Waals surface area (Å²) in [6.45, 7) is 8.43. The van der Waals surface area contributed by atoms with Crippen LogP contribution in [0.2, 0.25) is 0 Å². The van der Waals surface area contributed by atoms with Gasteiger partial charge in [0, 0.05) is 36.8 Å². The van der Waals surface area contributed by atoms with Crippen LogP contribution in [0, 0.1) is 0 Å². The van der Waals surface area contributed by atoms with Crippen LogP contribution >= 0.6 is 0 Å². The molecule has 1 saturated heterocycles. The average molecular weight is 392 g/mol. The minimum atomic E-state index is 0.0803. The summed E-state index contributed by atoms with van der Waals surface area (Å²) in [4.78, 5) is 15.3. The van der Waals surface area contributed by atoms with E-state index in [4.69, 9.17) is 0 Å². The van der Waals surface area contributed by atoms with E-state index in [1.54, 1.807) is 0 Å². The van der Waals surface area contributed by atoms with Gasteiger partial charge in [0.05, 0.1) is 11.9 Å². The zero-order chi connectivity index (χ0) is 20.4. The van der Waals surface area contributed by atoms with E-state index in [1.165, 1.54) is 0 Å². The van der Waals surface area contributed by atoms with Crippen LogP contribution in [-0.2, 0) is 6.54 Å². The molecule has 1 aliphatic heterocycles. The third-order valence-corrected chi connectivity index (χ3v) is 5.78. The second-order valence-corrected chi connectivity index (χ2v) is 8.08. The Bertz CT molecular complexity index is 972. The van der Waals surface area contributed by atoms with Gasteiger partial charge >= 0.3 is 0 Å². The molecule has 0 aliphatic carbocycles. The van der Waals surface area contributed by atoms with Crippen LogP contribution in [0.15, 0.2) is 42.6 Å². The van der Waals surface area contributed by atoms with Crippen molar-refractivity contribution in [3.05, 3.63) is 59.7 Å². The molecular weight excluding hydrogens is 362 g/mol. The molecule has 0 radical (unpaired) electrons. The number of benzene rings is 1. The maximum absolute atomic E-state index is 13.3. The van der Waals surface area contributed by atoms with Gasteiger partial charge in [-0.3, -0.25) is 14.6 Å². The van der Waals surface area contributed by atoms with Crippen LogP contribution in [0.1, 0.15) is 67.3 Å². The zero-order valence-corrected chi connectivity index (χ0v) is 17.4. The number of amides is 1. The van der Waals surface area contributed by atoms with Gasteiger partial charge in [-0.15, -0.1) is 0 Å². The lowest BCUT2D eigenvalue weighted by Crippen LogP contribution is -2.40. The first-order chi connectivity index (χ1) is 14.1. The number of nitrogens with one attached hydrogen (secondary N) is 1. The van der Waals surface area contributed by atoms with Crippen LogP contribution in [0.25, 0.3) is 11.1 Å². The van der Waals surface area contributed by atoms with Gasteiger partial charge in [0.25, 0.3) is 5.91 Å². The van der Waals surface area contributed by atoms with Crippen molar-refractivity contribution in [3.63, 3.8) is 0 Å². The SMILES string of the molecule is CCn1nc(C(C)C)cc1C(=O)N1CCC[C@@H](c2[nH]ncc2-c2ccccc2)C1. The maximum Gasteiger partial charge on any atom is 0.272 e. The number of aromatic nitrogens is 4. The molecule has 1 fully saturated rings. The summed E-state index contributed by atoms with van der Waals surface area (Å²) in [6, 6.07) is 12.3. The number of aryl methyl sites for hydroxylation is 1. The zero-order valence-electron chi connectivity index (χ0n) is 17.4. The van der Waals surface area contributed by atoms with Crippen molar-refractivity contribution in [2.45, 2.75) is 52.0 Å². The third-order valence-electron chi connectivity index (χ3n) is 5.78. The first-order valence-electron chi connectivity index (χ1n) is 10.5. The summed E-state index contributed by atoms with van der Waals surface area (Å²) in [5.74, 6) is 0.645. The fourth-order valence-electron chi connectivity index (χ4n) is 4.15. The number of aromatic amines is 1. The van der Waals surface area contributed by atoms with E-state index < -0.39 is 0 Å². The van der Waals surface area contributed by atoms with Gasteiger partial charge in [0.2, 0.25) is 0 Å². The molecule has 1 atom stereocenters. The average Bonchev–Trinajstić information content (AvgIpc) is 3.41.